The number of hydrogen-bond acceptors (Lipinski definition) is 5. The zero-order valence-corrected chi connectivity index (χ0v) is 16.3. The molecule has 0 aliphatic carbocycles. The summed E-state index contributed by atoms with van der Waals surface area (Å²) in [6.07, 6.45) is 0. The van der Waals surface area contributed by atoms with Gasteiger partial charge in [-0.15, -0.1) is 0 Å². The minimum atomic E-state index is -0.458. The van der Waals surface area contributed by atoms with Gasteiger partial charge in [-0.25, -0.2) is 4.79 Å². The molecule has 0 fully saturated rings. The Bertz CT molecular complexity index is 1460. The first kappa shape index (κ1) is 18.5. The lowest BCUT2D eigenvalue weighted by atomic mass is 10.2. The minimum Gasteiger partial charge on any atom is -0.508 e. The molecule has 0 saturated heterocycles. The average Bonchev–Trinajstić information content (AvgIpc) is 3.44. The Balaban J connectivity index is 1.37. The van der Waals surface area contributed by atoms with Crippen LogP contribution >= 0.6 is 0 Å². The molecule has 3 heterocycles. The predicted octanol–water partition coefficient (Wildman–Crippen LogP) is 4.53. The number of phenols is 1. The summed E-state index contributed by atoms with van der Waals surface area (Å²) < 4.78 is 4.92. The summed E-state index contributed by atoms with van der Waals surface area (Å²) in [4.78, 5) is 31.2. The number of nitrogens with zero attached hydrogens (tertiary/aromatic N) is 1. The van der Waals surface area contributed by atoms with E-state index < -0.39 is 6.03 Å². The fraction of sp³-hybridized carbons (Fsp3) is 0.0455. The van der Waals surface area contributed by atoms with E-state index in [4.69, 9.17) is 4.52 Å². The Morgan fingerprint density at radius 3 is 2.26 bits per heavy atom. The summed E-state index contributed by atoms with van der Waals surface area (Å²) in [6, 6.07) is 14.7. The Kier molecular flexibility index (Phi) is 4.21. The van der Waals surface area contributed by atoms with Crippen LogP contribution in [-0.4, -0.2) is 32.0 Å². The second kappa shape index (κ2) is 7.06. The van der Waals surface area contributed by atoms with Gasteiger partial charge in [0.05, 0.1) is 11.4 Å². The Morgan fingerprint density at radius 2 is 1.58 bits per heavy atom. The number of fused-ring (bicyclic) bond motifs is 2. The second-order valence-electron chi connectivity index (χ2n) is 7.17. The molecule has 0 unspecified atom stereocenters. The van der Waals surface area contributed by atoms with Crippen molar-refractivity contribution in [2.24, 2.45) is 0 Å². The molecule has 0 bridgehead atoms. The standard InChI is InChI=1S/C22H17N5O4/c1-11-6-20(27-31-11)26-22(30)23-14-2-4-16-12(7-14)9-18(24-16)21(29)19-10-13-8-15(28)3-5-17(13)25-19/h2-10,24-25,28H,1H3,(H2,23,26,27,30). The molecule has 2 aromatic carbocycles. The quantitative estimate of drug-likeness (QED) is 0.275. The van der Waals surface area contributed by atoms with Crippen LogP contribution in [0.5, 0.6) is 5.75 Å². The number of carbonyl (C=O) groups excluding carboxylic acids is 2. The van der Waals surface area contributed by atoms with Crippen molar-refractivity contribution in [1.82, 2.24) is 15.1 Å². The topological polar surface area (TPSA) is 136 Å². The molecule has 0 atom stereocenters. The first-order chi connectivity index (χ1) is 14.9. The number of aromatic hydroxyl groups is 1. The van der Waals surface area contributed by atoms with Crippen molar-refractivity contribution in [2.75, 3.05) is 10.6 Å². The number of phenolic OH excluding ortho intramolecular Hbond substituents is 1. The molecule has 5 rings (SSSR count). The number of ketones is 1. The van der Waals surface area contributed by atoms with Crippen LogP contribution < -0.4 is 10.6 Å². The van der Waals surface area contributed by atoms with Crippen LogP contribution in [0.15, 0.2) is 59.1 Å². The molecule has 9 heteroatoms. The van der Waals surface area contributed by atoms with Gasteiger partial charge >= 0.3 is 6.03 Å². The summed E-state index contributed by atoms with van der Waals surface area (Å²) >= 11 is 0. The fourth-order valence-electron chi connectivity index (χ4n) is 3.42. The highest BCUT2D eigenvalue weighted by molar-refractivity contribution is 6.11. The Labute approximate surface area is 175 Å². The first-order valence-corrected chi connectivity index (χ1v) is 9.45. The van der Waals surface area contributed by atoms with E-state index >= 15 is 0 Å². The lowest BCUT2D eigenvalue weighted by Crippen LogP contribution is -2.19. The Morgan fingerprint density at radius 1 is 0.903 bits per heavy atom. The van der Waals surface area contributed by atoms with Crippen LogP contribution in [0.2, 0.25) is 0 Å². The normalized spacial score (nSPS) is 11.1. The SMILES string of the molecule is Cc1cc(NC(=O)Nc2ccc3[nH]c(C(=O)c4cc5cc(O)ccc5[nH]4)cc3c2)no1. The van der Waals surface area contributed by atoms with Gasteiger partial charge in [0.15, 0.2) is 5.82 Å². The van der Waals surface area contributed by atoms with E-state index in [1.165, 1.54) is 0 Å². The summed E-state index contributed by atoms with van der Waals surface area (Å²) in [5.41, 5.74) is 2.90. The highest BCUT2D eigenvalue weighted by Gasteiger charge is 2.15. The molecule has 2 amide bonds. The van der Waals surface area contributed by atoms with Gasteiger partial charge in [0.2, 0.25) is 5.78 Å². The maximum Gasteiger partial charge on any atom is 0.324 e. The summed E-state index contributed by atoms with van der Waals surface area (Å²) in [5.74, 6) is 0.838. The number of rotatable bonds is 4. The van der Waals surface area contributed by atoms with E-state index in [0.29, 0.717) is 28.7 Å². The van der Waals surface area contributed by atoms with Crippen LogP contribution in [-0.2, 0) is 0 Å². The van der Waals surface area contributed by atoms with Gasteiger partial charge < -0.3 is 24.9 Å². The molecule has 3 aromatic heterocycles. The van der Waals surface area contributed by atoms with Gasteiger partial charge in [0.25, 0.3) is 0 Å². The van der Waals surface area contributed by atoms with Crippen molar-refractivity contribution in [3.63, 3.8) is 0 Å². The molecular formula is C22H17N5O4. The van der Waals surface area contributed by atoms with Crippen LogP contribution in [0.25, 0.3) is 21.8 Å². The van der Waals surface area contributed by atoms with Crippen molar-refractivity contribution in [1.29, 1.82) is 0 Å². The first-order valence-electron chi connectivity index (χ1n) is 9.45. The van der Waals surface area contributed by atoms with Gasteiger partial charge in [-0.3, -0.25) is 10.1 Å². The zero-order valence-electron chi connectivity index (χ0n) is 16.3. The molecule has 154 valence electrons. The number of aryl methyl sites for hydroxylation is 1. The zero-order chi connectivity index (χ0) is 21.5. The molecule has 5 N–H and O–H groups in total. The lowest BCUT2D eigenvalue weighted by Gasteiger charge is -2.05. The van der Waals surface area contributed by atoms with E-state index in [-0.39, 0.29) is 11.5 Å². The molecule has 0 aliphatic heterocycles. The van der Waals surface area contributed by atoms with Crippen molar-refractivity contribution >= 4 is 45.1 Å². The number of nitrogens with one attached hydrogen (secondary N) is 4. The maximum atomic E-state index is 12.9. The van der Waals surface area contributed by atoms with Gasteiger partial charge in [-0.2, -0.15) is 0 Å². The average molecular weight is 415 g/mol. The third-order valence-corrected chi connectivity index (χ3v) is 4.84. The number of H-pyrrole nitrogens is 2. The third kappa shape index (κ3) is 3.60. The number of amides is 2. The number of aromatic amines is 2. The number of aromatic nitrogens is 3. The van der Waals surface area contributed by atoms with Crippen molar-refractivity contribution in [2.45, 2.75) is 6.92 Å². The Hall–Kier alpha value is -4.53. The lowest BCUT2D eigenvalue weighted by molar-refractivity contribution is 0.103. The van der Waals surface area contributed by atoms with Crippen LogP contribution in [0.4, 0.5) is 16.3 Å². The van der Waals surface area contributed by atoms with E-state index in [2.05, 4.69) is 25.8 Å². The van der Waals surface area contributed by atoms with Gasteiger partial charge in [0, 0.05) is 33.6 Å². The molecule has 0 spiro atoms. The smallest absolute Gasteiger partial charge is 0.324 e. The maximum absolute atomic E-state index is 12.9. The molecule has 0 radical (unpaired) electrons. The second-order valence-corrected chi connectivity index (χ2v) is 7.17. The van der Waals surface area contributed by atoms with Gasteiger partial charge in [0.1, 0.15) is 11.5 Å². The minimum absolute atomic E-state index is 0.138. The van der Waals surface area contributed by atoms with Crippen LogP contribution in [0, 0.1) is 6.92 Å². The summed E-state index contributed by atoms with van der Waals surface area (Å²) in [5, 5.41) is 20.2. The fourth-order valence-corrected chi connectivity index (χ4v) is 3.42. The van der Waals surface area contributed by atoms with Gasteiger partial charge in [-0.1, -0.05) is 5.16 Å². The van der Waals surface area contributed by atoms with E-state index in [9.17, 15) is 14.7 Å². The number of hydrogen-bond donors (Lipinski definition) is 5. The van der Waals surface area contributed by atoms with Crippen LogP contribution in [0.1, 0.15) is 21.9 Å². The van der Waals surface area contributed by atoms with Crippen molar-refractivity contribution < 1.29 is 19.2 Å². The molecule has 5 aromatic rings. The molecule has 9 nitrogen and oxygen atoms in total. The van der Waals surface area contributed by atoms with Gasteiger partial charge in [-0.05, 0) is 55.5 Å². The third-order valence-electron chi connectivity index (χ3n) is 4.84. The van der Waals surface area contributed by atoms with E-state index in [1.54, 1.807) is 61.5 Å². The highest BCUT2D eigenvalue weighted by atomic mass is 16.5. The molecular weight excluding hydrogens is 398 g/mol. The largest absolute Gasteiger partial charge is 0.508 e. The van der Waals surface area contributed by atoms with E-state index in [0.717, 1.165) is 21.8 Å². The number of benzene rings is 2. The molecule has 0 saturated carbocycles. The number of carbonyl (C=O) groups is 2. The highest BCUT2D eigenvalue weighted by Crippen LogP contribution is 2.25. The molecule has 31 heavy (non-hydrogen) atoms. The van der Waals surface area contributed by atoms with E-state index in [1.807, 2.05) is 0 Å². The summed E-state index contributed by atoms with van der Waals surface area (Å²) in [6.45, 7) is 1.73. The molecule has 0 aliphatic rings. The van der Waals surface area contributed by atoms with Crippen molar-refractivity contribution in [3.8, 4) is 5.75 Å². The van der Waals surface area contributed by atoms with Crippen LogP contribution in [0.3, 0.4) is 0 Å². The summed E-state index contributed by atoms with van der Waals surface area (Å²) in [7, 11) is 0. The van der Waals surface area contributed by atoms with Crippen molar-refractivity contribution in [3.05, 3.63) is 71.7 Å². The number of urea groups is 1. The predicted molar refractivity (Wildman–Crippen MR) is 116 cm³/mol. The number of anilines is 2. The monoisotopic (exact) mass is 415 g/mol.